The predicted octanol–water partition coefficient (Wildman–Crippen LogP) is 3.95. The molecule has 0 aromatic heterocycles. The summed E-state index contributed by atoms with van der Waals surface area (Å²) in [7, 11) is 0. The number of carbonyl (C=O) groups excluding carboxylic acids is 1. The maximum Gasteiger partial charge on any atom is 0.338 e. The summed E-state index contributed by atoms with van der Waals surface area (Å²) < 4.78 is 10.9. The van der Waals surface area contributed by atoms with Gasteiger partial charge >= 0.3 is 5.97 Å². The SMILES string of the molecule is CCCOCC(OC(=O)c1cccc(Cl)c1)C(C)C. The van der Waals surface area contributed by atoms with Crippen LogP contribution in [0.25, 0.3) is 0 Å². The number of hydrogen-bond acceptors (Lipinski definition) is 3. The van der Waals surface area contributed by atoms with Gasteiger partial charge in [-0.05, 0) is 30.5 Å². The first kappa shape index (κ1) is 16.0. The fraction of sp³-hybridized carbons (Fsp3) is 0.533. The second kappa shape index (κ2) is 8.18. The molecule has 3 nitrogen and oxygen atoms in total. The molecule has 0 aliphatic carbocycles. The molecule has 4 heteroatoms. The summed E-state index contributed by atoms with van der Waals surface area (Å²) in [6.45, 7) is 7.16. The summed E-state index contributed by atoms with van der Waals surface area (Å²) in [5, 5.41) is 0.526. The Morgan fingerprint density at radius 3 is 2.68 bits per heavy atom. The van der Waals surface area contributed by atoms with Crippen molar-refractivity contribution >= 4 is 17.6 Å². The molecule has 19 heavy (non-hydrogen) atoms. The van der Waals surface area contributed by atoms with E-state index in [1.54, 1.807) is 24.3 Å². The molecule has 0 spiro atoms. The van der Waals surface area contributed by atoms with E-state index in [9.17, 15) is 4.79 Å². The molecule has 1 aromatic rings. The Balaban J connectivity index is 2.60. The number of benzene rings is 1. The Morgan fingerprint density at radius 2 is 2.11 bits per heavy atom. The summed E-state index contributed by atoms with van der Waals surface area (Å²) in [5.74, 6) is -0.152. The van der Waals surface area contributed by atoms with Gasteiger partial charge in [-0.3, -0.25) is 0 Å². The highest BCUT2D eigenvalue weighted by Crippen LogP contribution is 2.15. The second-order valence-electron chi connectivity index (χ2n) is 4.77. The van der Waals surface area contributed by atoms with E-state index >= 15 is 0 Å². The third kappa shape index (κ3) is 5.62. The van der Waals surface area contributed by atoms with Crippen molar-refractivity contribution in [3.05, 3.63) is 34.9 Å². The summed E-state index contributed by atoms with van der Waals surface area (Å²) >= 11 is 5.86. The van der Waals surface area contributed by atoms with Crippen molar-refractivity contribution in [3.8, 4) is 0 Å². The van der Waals surface area contributed by atoms with Crippen LogP contribution >= 0.6 is 11.6 Å². The number of rotatable bonds is 7. The molecule has 1 aromatic carbocycles. The zero-order valence-electron chi connectivity index (χ0n) is 11.7. The highest BCUT2D eigenvalue weighted by Gasteiger charge is 2.19. The smallest absolute Gasteiger partial charge is 0.338 e. The lowest BCUT2D eigenvalue weighted by Gasteiger charge is -2.21. The van der Waals surface area contributed by atoms with Gasteiger partial charge in [0.25, 0.3) is 0 Å². The van der Waals surface area contributed by atoms with E-state index in [1.165, 1.54) is 0 Å². The molecule has 0 aliphatic heterocycles. The van der Waals surface area contributed by atoms with Crippen LogP contribution in [0.15, 0.2) is 24.3 Å². The number of hydrogen-bond donors (Lipinski definition) is 0. The van der Waals surface area contributed by atoms with Gasteiger partial charge in [0.05, 0.1) is 12.2 Å². The van der Waals surface area contributed by atoms with Gasteiger partial charge in [0.2, 0.25) is 0 Å². The lowest BCUT2D eigenvalue weighted by Crippen LogP contribution is -2.29. The average Bonchev–Trinajstić information content (AvgIpc) is 2.37. The Bertz CT molecular complexity index is 404. The molecule has 0 saturated heterocycles. The van der Waals surface area contributed by atoms with Crippen LogP contribution in [0, 0.1) is 5.92 Å². The van der Waals surface area contributed by atoms with Gasteiger partial charge in [-0.1, -0.05) is 38.4 Å². The monoisotopic (exact) mass is 284 g/mol. The van der Waals surface area contributed by atoms with E-state index in [2.05, 4.69) is 0 Å². The normalized spacial score (nSPS) is 12.5. The fourth-order valence-electron chi connectivity index (χ4n) is 1.53. The molecule has 1 rings (SSSR count). The molecule has 1 unspecified atom stereocenters. The third-order valence-electron chi connectivity index (χ3n) is 2.69. The van der Waals surface area contributed by atoms with Gasteiger partial charge < -0.3 is 9.47 Å². The average molecular weight is 285 g/mol. The number of esters is 1. The maximum absolute atomic E-state index is 12.0. The Hall–Kier alpha value is -1.06. The summed E-state index contributed by atoms with van der Waals surface area (Å²) in [4.78, 5) is 12.0. The van der Waals surface area contributed by atoms with E-state index in [1.807, 2.05) is 20.8 Å². The molecule has 0 amide bonds. The first-order valence-electron chi connectivity index (χ1n) is 6.59. The molecule has 0 fully saturated rings. The Morgan fingerprint density at radius 1 is 1.37 bits per heavy atom. The van der Waals surface area contributed by atoms with Crippen LogP contribution in [0.4, 0.5) is 0 Å². The molecule has 0 radical (unpaired) electrons. The lowest BCUT2D eigenvalue weighted by molar-refractivity contribution is -0.0204. The summed E-state index contributed by atoms with van der Waals surface area (Å²) in [6.07, 6.45) is 0.714. The van der Waals surface area contributed by atoms with Crippen LogP contribution in [-0.4, -0.2) is 25.3 Å². The summed E-state index contributed by atoms with van der Waals surface area (Å²) in [5.41, 5.74) is 0.466. The Labute approximate surface area is 119 Å². The predicted molar refractivity (Wildman–Crippen MR) is 76.6 cm³/mol. The zero-order valence-corrected chi connectivity index (χ0v) is 12.4. The van der Waals surface area contributed by atoms with E-state index in [-0.39, 0.29) is 18.0 Å². The van der Waals surface area contributed by atoms with Crippen LogP contribution < -0.4 is 0 Å². The standard InChI is InChI=1S/C15H21ClO3/c1-4-8-18-10-14(11(2)3)19-15(17)12-6-5-7-13(16)9-12/h5-7,9,11,14H,4,8,10H2,1-3H3. The van der Waals surface area contributed by atoms with Crippen LogP contribution in [0.2, 0.25) is 5.02 Å². The third-order valence-corrected chi connectivity index (χ3v) is 2.93. The largest absolute Gasteiger partial charge is 0.456 e. The van der Waals surface area contributed by atoms with Gasteiger partial charge in [-0.25, -0.2) is 4.79 Å². The van der Waals surface area contributed by atoms with Crippen molar-refractivity contribution in [2.75, 3.05) is 13.2 Å². The molecular weight excluding hydrogens is 264 g/mol. The fourth-order valence-corrected chi connectivity index (χ4v) is 1.72. The second-order valence-corrected chi connectivity index (χ2v) is 5.21. The van der Waals surface area contributed by atoms with Gasteiger partial charge in [-0.15, -0.1) is 0 Å². The van der Waals surface area contributed by atoms with E-state index in [0.717, 1.165) is 6.42 Å². The van der Waals surface area contributed by atoms with Crippen molar-refractivity contribution in [2.24, 2.45) is 5.92 Å². The molecule has 1 atom stereocenters. The molecule has 0 heterocycles. The first-order valence-corrected chi connectivity index (χ1v) is 6.96. The first-order chi connectivity index (χ1) is 9.04. The van der Waals surface area contributed by atoms with Crippen LogP contribution in [0.3, 0.4) is 0 Å². The molecule has 106 valence electrons. The molecule has 0 N–H and O–H groups in total. The topological polar surface area (TPSA) is 35.5 Å². The van der Waals surface area contributed by atoms with Gasteiger partial charge in [0.1, 0.15) is 6.10 Å². The number of carbonyl (C=O) groups is 1. The highest BCUT2D eigenvalue weighted by atomic mass is 35.5. The minimum Gasteiger partial charge on any atom is -0.456 e. The van der Waals surface area contributed by atoms with Gasteiger partial charge in [0, 0.05) is 11.6 Å². The summed E-state index contributed by atoms with van der Waals surface area (Å²) in [6, 6.07) is 6.76. The van der Waals surface area contributed by atoms with Crippen molar-refractivity contribution < 1.29 is 14.3 Å². The van der Waals surface area contributed by atoms with Crippen LogP contribution in [-0.2, 0) is 9.47 Å². The minimum absolute atomic E-state index is 0.208. The molecular formula is C15H21ClO3. The quantitative estimate of drug-likeness (QED) is 0.562. The van der Waals surface area contributed by atoms with Gasteiger partial charge in [-0.2, -0.15) is 0 Å². The molecule has 0 saturated carbocycles. The lowest BCUT2D eigenvalue weighted by atomic mass is 10.1. The molecule has 0 bridgehead atoms. The highest BCUT2D eigenvalue weighted by molar-refractivity contribution is 6.30. The van der Waals surface area contributed by atoms with Crippen LogP contribution in [0.1, 0.15) is 37.6 Å². The van der Waals surface area contributed by atoms with Crippen molar-refractivity contribution in [1.82, 2.24) is 0 Å². The number of ether oxygens (including phenoxy) is 2. The minimum atomic E-state index is -0.360. The maximum atomic E-state index is 12.0. The van der Waals surface area contributed by atoms with Crippen molar-refractivity contribution in [3.63, 3.8) is 0 Å². The van der Waals surface area contributed by atoms with E-state index < -0.39 is 0 Å². The van der Waals surface area contributed by atoms with Gasteiger partial charge in [0.15, 0.2) is 0 Å². The van der Waals surface area contributed by atoms with Crippen molar-refractivity contribution in [2.45, 2.75) is 33.3 Å². The van der Waals surface area contributed by atoms with Crippen LogP contribution in [0.5, 0.6) is 0 Å². The number of halogens is 1. The zero-order chi connectivity index (χ0) is 14.3. The van der Waals surface area contributed by atoms with Crippen molar-refractivity contribution in [1.29, 1.82) is 0 Å². The van der Waals surface area contributed by atoms with E-state index in [0.29, 0.717) is 23.8 Å². The molecule has 0 aliphatic rings. The Kier molecular flexibility index (Phi) is 6.89. The van der Waals surface area contributed by atoms with E-state index in [4.69, 9.17) is 21.1 Å².